The molecule has 0 saturated carbocycles. The summed E-state index contributed by atoms with van der Waals surface area (Å²) in [6.45, 7) is 3.43. The predicted molar refractivity (Wildman–Crippen MR) is 124 cm³/mol. The van der Waals surface area contributed by atoms with Crippen LogP contribution in [0.4, 0.5) is 24.8 Å². The Balaban J connectivity index is 1.49. The van der Waals surface area contributed by atoms with Crippen molar-refractivity contribution in [3.8, 4) is 11.4 Å². The lowest BCUT2D eigenvalue weighted by Gasteiger charge is -2.26. The molecule has 2 unspecified atom stereocenters. The van der Waals surface area contributed by atoms with Crippen molar-refractivity contribution in [3.63, 3.8) is 0 Å². The van der Waals surface area contributed by atoms with Gasteiger partial charge in [-0.05, 0) is 50.1 Å². The second kappa shape index (κ2) is 9.43. The second-order valence-electron chi connectivity index (χ2n) is 8.39. The SMILES string of the molecule is Cc1cc(Nc2cc(C(F)(F)F)ccn2)nc(-c2cn(C(C)C(=O)NC3CCS(O)(O)C3)nn2)c1. The first kappa shape index (κ1) is 24.9. The fourth-order valence-electron chi connectivity index (χ4n) is 3.63. The zero-order valence-electron chi connectivity index (χ0n) is 18.8. The molecule has 0 radical (unpaired) electrons. The minimum Gasteiger partial charge on any atom is -0.350 e. The van der Waals surface area contributed by atoms with Crippen LogP contribution in [0.15, 0.2) is 36.7 Å². The normalized spacial score (nSPS) is 19.2. The Morgan fingerprint density at radius 3 is 2.69 bits per heavy atom. The summed E-state index contributed by atoms with van der Waals surface area (Å²) in [5.41, 5.74) is 0.706. The van der Waals surface area contributed by atoms with E-state index in [0.717, 1.165) is 23.9 Å². The van der Waals surface area contributed by atoms with Gasteiger partial charge in [-0.15, -0.1) is 5.10 Å². The van der Waals surface area contributed by atoms with Crippen molar-refractivity contribution in [1.82, 2.24) is 30.3 Å². The Morgan fingerprint density at radius 1 is 1.23 bits per heavy atom. The predicted octanol–water partition coefficient (Wildman–Crippen LogP) is 4.01. The number of carbonyl (C=O) groups excluding carboxylic acids is 1. The summed E-state index contributed by atoms with van der Waals surface area (Å²) in [5.74, 6) is 0.329. The smallest absolute Gasteiger partial charge is 0.350 e. The van der Waals surface area contributed by atoms with Crippen LogP contribution in [0.1, 0.15) is 30.5 Å². The molecular weight excluding hydrogens is 487 g/mol. The molecule has 1 saturated heterocycles. The van der Waals surface area contributed by atoms with Crippen LogP contribution in [-0.4, -0.2) is 57.5 Å². The van der Waals surface area contributed by atoms with E-state index in [1.165, 1.54) is 4.68 Å². The van der Waals surface area contributed by atoms with E-state index < -0.39 is 28.4 Å². The number of aryl methyl sites for hydroxylation is 1. The number of halogens is 3. The number of amides is 1. The third-order valence-electron chi connectivity index (χ3n) is 5.47. The topological polar surface area (TPSA) is 138 Å². The van der Waals surface area contributed by atoms with Crippen molar-refractivity contribution in [2.45, 2.75) is 38.5 Å². The van der Waals surface area contributed by atoms with Crippen LogP contribution < -0.4 is 10.6 Å². The number of aromatic nitrogens is 5. The molecule has 0 aromatic carbocycles. The number of hydrogen-bond donors (Lipinski definition) is 4. The number of hydrogen-bond acceptors (Lipinski definition) is 8. The van der Waals surface area contributed by atoms with E-state index in [9.17, 15) is 27.1 Å². The van der Waals surface area contributed by atoms with Crippen molar-refractivity contribution in [2.24, 2.45) is 0 Å². The summed E-state index contributed by atoms with van der Waals surface area (Å²) in [7, 11) is -2.63. The van der Waals surface area contributed by atoms with Crippen LogP contribution in [0.3, 0.4) is 0 Å². The van der Waals surface area contributed by atoms with Crippen molar-refractivity contribution < 1.29 is 27.1 Å². The molecule has 10 nitrogen and oxygen atoms in total. The standard InChI is InChI=1S/C21H24F3N7O3S/c1-12-7-16(27-19(8-12)28-18-9-14(3-5-25-18)21(22,23)24)17-10-31(30-29-17)13(2)20(32)26-15-4-6-35(33,34)11-15/h3,5,7-10,13,15,33-34H,4,6,11H2,1-2H3,(H,26,32)(H,25,27,28). The van der Waals surface area contributed by atoms with Gasteiger partial charge in [0.2, 0.25) is 5.91 Å². The van der Waals surface area contributed by atoms with Gasteiger partial charge in [0, 0.05) is 18.0 Å². The highest BCUT2D eigenvalue weighted by Gasteiger charge is 2.31. The maximum Gasteiger partial charge on any atom is 0.416 e. The summed E-state index contributed by atoms with van der Waals surface area (Å²) in [6, 6.07) is 4.13. The molecule has 4 heterocycles. The number of nitrogens with one attached hydrogen (secondary N) is 2. The molecule has 3 aromatic heterocycles. The number of alkyl halides is 3. The van der Waals surface area contributed by atoms with Gasteiger partial charge in [0.25, 0.3) is 0 Å². The van der Waals surface area contributed by atoms with E-state index in [4.69, 9.17) is 0 Å². The first-order valence-electron chi connectivity index (χ1n) is 10.6. The number of pyridine rings is 2. The molecular formula is C21H24F3N7O3S. The molecule has 4 rings (SSSR count). The van der Waals surface area contributed by atoms with Gasteiger partial charge >= 0.3 is 6.18 Å². The number of anilines is 2. The minimum absolute atomic E-state index is 0.0126. The van der Waals surface area contributed by atoms with E-state index in [0.29, 0.717) is 17.8 Å². The zero-order valence-corrected chi connectivity index (χ0v) is 19.6. The quantitative estimate of drug-likeness (QED) is 0.390. The molecule has 35 heavy (non-hydrogen) atoms. The molecule has 2 atom stereocenters. The molecule has 1 amide bonds. The van der Waals surface area contributed by atoms with Gasteiger partial charge in [-0.25, -0.2) is 14.6 Å². The fraction of sp³-hybridized carbons (Fsp3) is 0.381. The molecule has 0 bridgehead atoms. The Labute approximate surface area is 200 Å². The molecule has 188 valence electrons. The van der Waals surface area contributed by atoms with Gasteiger partial charge in [0.05, 0.1) is 23.2 Å². The third kappa shape index (κ3) is 6.07. The lowest BCUT2D eigenvalue weighted by atomic mass is 10.2. The van der Waals surface area contributed by atoms with Crippen LogP contribution in [0.2, 0.25) is 0 Å². The second-order valence-corrected chi connectivity index (χ2v) is 10.7. The largest absolute Gasteiger partial charge is 0.416 e. The van der Waals surface area contributed by atoms with E-state index in [1.54, 1.807) is 32.2 Å². The fourth-order valence-corrected chi connectivity index (χ4v) is 5.35. The zero-order chi connectivity index (χ0) is 25.4. The molecule has 14 heteroatoms. The molecule has 1 fully saturated rings. The van der Waals surface area contributed by atoms with Crippen LogP contribution >= 0.6 is 10.6 Å². The first-order valence-corrected chi connectivity index (χ1v) is 12.5. The van der Waals surface area contributed by atoms with Crippen LogP contribution in [-0.2, 0) is 11.0 Å². The third-order valence-corrected chi connectivity index (χ3v) is 7.30. The summed E-state index contributed by atoms with van der Waals surface area (Å²) in [6.07, 6.45) is -1.40. The number of rotatable bonds is 6. The molecule has 3 aromatic rings. The van der Waals surface area contributed by atoms with Crippen LogP contribution in [0.5, 0.6) is 0 Å². The van der Waals surface area contributed by atoms with Gasteiger partial charge in [0.15, 0.2) is 0 Å². The van der Waals surface area contributed by atoms with Gasteiger partial charge in [0.1, 0.15) is 23.4 Å². The van der Waals surface area contributed by atoms with E-state index in [-0.39, 0.29) is 35.1 Å². The monoisotopic (exact) mass is 511 g/mol. The van der Waals surface area contributed by atoms with Crippen LogP contribution in [0.25, 0.3) is 11.4 Å². The molecule has 0 aliphatic carbocycles. The molecule has 4 N–H and O–H groups in total. The Bertz CT molecular complexity index is 1230. The molecule has 1 aliphatic rings. The minimum atomic E-state index is -4.50. The highest BCUT2D eigenvalue weighted by atomic mass is 32.3. The molecule has 0 spiro atoms. The number of carbonyl (C=O) groups is 1. The van der Waals surface area contributed by atoms with Gasteiger partial charge in [-0.3, -0.25) is 13.9 Å². The van der Waals surface area contributed by atoms with Crippen molar-refractivity contribution >= 4 is 28.1 Å². The van der Waals surface area contributed by atoms with Crippen molar-refractivity contribution in [2.75, 3.05) is 16.8 Å². The average molecular weight is 512 g/mol. The molecule has 1 aliphatic heterocycles. The van der Waals surface area contributed by atoms with Crippen molar-refractivity contribution in [3.05, 3.63) is 47.8 Å². The van der Waals surface area contributed by atoms with Crippen molar-refractivity contribution in [1.29, 1.82) is 0 Å². The van der Waals surface area contributed by atoms with Crippen LogP contribution in [0, 0.1) is 6.92 Å². The summed E-state index contributed by atoms with van der Waals surface area (Å²) >= 11 is 0. The van der Waals surface area contributed by atoms with Gasteiger partial charge in [-0.1, -0.05) is 5.21 Å². The maximum absolute atomic E-state index is 13.0. The maximum atomic E-state index is 13.0. The van der Waals surface area contributed by atoms with E-state index in [1.807, 2.05) is 0 Å². The van der Waals surface area contributed by atoms with E-state index >= 15 is 0 Å². The van der Waals surface area contributed by atoms with E-state index in [2.05, 4.69) is 30.9 Å². The van der Waals surface area contributed by atoms with Gasteiger partial charge in [-0.2, -0.15) is 23.8 Å². The van der Waals surface area contributed by atoms with Gasteiger partial charge < -0.3 is 10.6 Å². The lowest BCUT2D eigenvalue weighted by Crippen LogP contribution is -2.39. The Hall–Kier alpha value is -3.23. The summed E-state index contributed by atoms with van der Waals surface area (Å²) in [4.78, 5) is 20.9. The highest BCUT2D eigenvalue weighted by molar-refractivity contribution is 8.24. The highest BCUT2D eigenvalue weighted by Crippen LogP contribution is 2.45. The lowest BCUT2D eigenvalue weighted by molar-refractivity contribution is -0.137. The first-order chi connectivity index (χ1) is 16.4. The summed E-state index contributed by atoms with van der Waals surface area (Å²) < 4.78 is 59.8. The number of nitrogens with zero attached hydrogens (tertiary/aromatic N) is 5. The average Bonchev–Trinajstić information content (AvgIpc) is 3.39. The summed E-state index contributed by atoms with van der Waals surface area (Å²) in [5, 5.41) is 13.7. The Kier molecular flexibility index (Phi) is 6.71. The Morgan fingerprint density at radius 2 is 2.00 bits per heavy atom.